The number of halogens is 1. The summed E-state index contributed by atoms with van der Waals surface area (Å²) >= 11 is 6.83. The van der Waals surface area contributed by atoms with E-state index in [1.165, 1.54) is 0 Å². The molecule has 1 aromatic heterocycles. The zero-order valence-electron chi connectivity index (χ0n) is 18.2. The van der Waals surface area contributed by atoms with Crippen molar-refractivity contribution in [2.75, 3.05) is 18.1 Å². The van der Waals surface area contributed by atoms with E-state index in [0.717, 1.165) is 43.5 Å². The van der Waals surface area contributed by atoms with Crippen LogP contribution in [0.2, 0.25) is 0 Å². The summed E-state index contributed by atoms with van der Waals surface area (Å²) in [6.07, 6.45) is 6.01. The first-order valence-corrected chi connectivity index (χ1v) is 13.5. The number of esters is 1. The van der Waals surface area contributed by atoms with Gasteiger partial charge >= 0.3 is 5.97 Å². The number of Topliss-reactive ketones (excluding diaryl/α,β-unsaturated/α-hetero) is 1. The molecule has 4 saturated carbocycles. The Morgan fingerprint density at radius 3 is 2.45 bits per heavy atom. The molecule has 1 saturated heterocycles. The van der Waals surface area contributed by atoms with Gasteiger partial charge in [0, 0.05) is 27.9 Å². The number of aryl methyl sites for hydroxylation is 1. The Morgan fingerprint density at radius 1 is 1.19 bits per heavy atom. The van der Waals surface area contributed by atoms with E-state index in [-0.39, 0.29) is 40.8 Å². The molecule has 1 aromatic rings. The number of carbonyl (C=O) groups excluding carboxylic acids is 2. The first kappa shape index (κ1) is 21.5. The van der Waals surface area contributed by atoms with Crippen molar-refractivity contribution >= 4 is 33.2 Å². The van der Waals surface area contributed by atoms with E-state index >= 15 is 0 Å². The normalized spacial score (nSPS) is 37.8. The lowest BCUT2D eigenvalue weighted by atomic mass is 9.49. The number of sulfone groups is 1. The highest BCUT2D eigenvalue weighted by Gasteiger charge is 2.60. The molecule has 4 aliphatic carbocycles. The summed E-state index contributed by atoms with van der Waals surface area (Å²) in [4.78, 5) is 25.8. The third-order valence-electron chi connectivity index (χ3n) is 8.12. The van der Waals surface area contributed by atoms with Crippen molar-refractivity contribution in [1.82, 2.24) is 4.57 Å². The highest BCUT2D eigenvalue weighted by Crippen LogP contribution is 2.64. The second-order valence-corrected chi connectivity index (χ2v) is 13.6. The van der Waals surface area contributed by atoms with E-state index < -0.39 is 15.3 Å². The van der Waals surface area contributed by atoms with E-state index in [4.69, 9.17) is 16.3 Å². The summed E-state index contributed by atoms with van der Waals surface area (Å²) in [5, 5.41) is 0. The third kappa shape index (κ3) is 3.65. The fourth-order valence-corrected chi connectivity index (χ4v) is 9.74. The van der Waals surface area contributed by atoms with Gasteiger partial charge in [-0.05, 0) is 76.7 Å². The number of nitrogens with zero attached hydrogens (tertiary/aromatic N) is 1. The molecule has 3 atom stereocenters. The van der Waals surface area contributed by atoms with Gasteiger partial charge in [0.25, 0.3) is 0 Å². The number of hydrogen-bond donors (Lipinski definition) is 0. The minimum absolute atomic E-state index is 0.108. The van der Waals surface area contributed by atoms with E-state index in [1.54, 1.807) is 6.07 Å². The lowest BCUT2D eigenvalue weighted by Gasteiger charge is -2.58. The molecule has 170 valence electrons. The summed E-state index contributed by atoms with van der Waals surface area (Å²) in [7, 11) is -3.02. The minimum atomic E-state index is -3.02. The highest BCUT2D eigenvalue weighted by molar-refractivity contribution is 7.91. The zero-order valence-corrected chi connectivity index (χ0v) is 19.7. The topological polar surface area (TPSA) is 82.4 Å². The van der Waals surface area contributed by atoms with Gasteiger partial charge in [0.1, 0.15) is 0 Å². The van der Waals surface area contributed by atoms with Crippen LogP contribution in [0, 0.1) is 31.1 Å². The minimum Gasteiger partial charge on any atom is -0.457 e. The van der Waals surface area contributed by atoms with Gasteiger partial charge in [0.05, 0.1) is 16.9 Å². The third-order valence-corrected chi connectivity index (χ3v) is 10.3. The number of ether oxygens (including phenoxy) is 1. The molecule has 0 N–H and O–H groups in total. The van der Waals surface area contributed by atoms with Crippen molar-refractivity contribution in [1.29, 1.82) is 0 Å². The zero-order chi connectivity index (χ0) is 22.2. The van der Waals surface area contributed by atoms with Gasteiger partial charge in [0.2, 0.25) is 5.78 Å². The Kier molecular flexibility index (Phi) is 4.91. The number of hydrogen-bond acceptors (Lipinski definition) is 5. The molecule has 6 nitrogen and oxygen atoms in total. The lowest BCUT2D eigenvalue weighted by molar-refractivity contribution is -0.168. The highest BCUT2D eigenvalue weighted by atomic mass is 35.5. The van der Waals surface area contributed by atoms with Crippen molar-refractivity contribution in [2.24, 2.45) is 17.3 Å². The Bertz CT molecular complexity index is 1040. The number of ketones is 1. The van der Waals surface area contributed by atoms with Crippen LogP contribution in [-0.4, -0.2) is 47.7 Å². The summed E-state index contributed by atoms with van der Waals surface area (Å²) in [6.45, 7) is 3.44. The maximum Gasteiger partial charge on any atom is 0.312 e. The van der Waals surface area contributed by atoms with E-state index in [9.17, 15) is 18.0 Å². The molecule has 0 spiro atoms. The second-order valence-electron chi connectivity index (χ2n) is 10.6. The number of carbonyl (C=O) groups is 2. The van der Waals surface area contributed by atoms with E-state index in [1.807, 2.05) is 18.4 Å². The molecule has 2 heterocycles. The van der Waals surface area contributed by atoms with Crippen LogP contribution < -0.4 is 0 Å². The van der Waals surface area contributed by atoms with Crippen LogP contribution in [0.3, 0.4) is 0 Å². The van der Waals surface area contributed by atoms with E-state index in [0.29, 0.717) is 30.2 Å². The van der Waals surface area contributed by atoms with Gasteiger partial charge in [-0.2, -0.15) is 0 Å². The first-order chi connectivity index (χ1) is 14.5. The van der Waals surface area contributed by atoms with Crippen LogP contribution in [0.5, 0.6) is 0 Å². The summed E-state index contributed by atoms with van der Waals surface area (Å²) < 4.78 is 31.3. The first-order valence-electron chi connectivity index (χ1n) is 11.3. The van der Waals surface area contributed by atoms with Gasteiger partial charge in [-0.15, -0.1) is 11.6 Å². The Labute approximate surface area is 188 Å². The van der Waals surface area contributed by atoms with Crippen LogP contribution in [0.1, 0.15) is 72.7 Å². The molecule has 5 fully saturated rings. The molecular formula is C23H30ClNO5S. The molecule has 5 aliphatic rings. The van der Waals surface area contributed by atoms with Crippen molar-refractivity contribution in [2.45, 2.75) is 69.7 Å². The van der Waals surface area contributed by atoms with Gasteiger partial charge < -0.3 is 9.30 Å². The standard InChI is InChI=1S/C23H30ClNO5S/c1-14-5-19(15(2)25(14)18-3-4-31(28,29)12-18)20(26)11-30-21(27)22-7-16-6-17(8-22)10-23(24,9-16)13-22/h5,16-18H,3-4,6-13H2,1-2H3/t16-,17-,18+,22?,23?/m1/s1. The van der Waals surface area contributed by atoms with E-state index in [2.05, 4.69) is 0 Å². The van der Waals surface area contributed by atoms with Crippen LogP contribution in [0.4, 0.5) is 0 Å². The monoisotopic (exact) mass is 467 g/mol. The SMILES string of the molecule is Cc1cc(C(=O)COC(=O)C23C[C@H]4C[C@@H](CC(Cl)(C4)C2)C3)c(C)n1[C@H]1CCS(=O)(=O)C1. The fraction of sp³-hybridized carbons (Fsp3) is 0.739. The fourth-order valence-electron chi connectivity index (χ4n) is 7.35. The van der Waals surface area contributed by atoms with Gasteiger partial charge in [-0.25, -0.2) is 8.42 Å². The smallest absolute Gasteiger partial charge is 0.312 e. The number of alkyl halides is 1. The average Bonchev–Trinajstić information content (AvgIpc) is 3.15. The van der Waals surface area contributed by atoms with Crippen molar-refractivity contribution in [3.63, 3.8) is 0 Å². The molecule has 0 amide bonds. The summed E-state index contributed by atoms with van der Waals surface area (Å²) in [5.74, 6) is 0.764. The van der Waals surface area contributed by atoms with Crippen LogP contribution in [0.25, 0.3) is 0 Å². The Hall–Kier alpha value is -1.34. The van der Waals surface area contributed by atoms with Crippen LogP contribution in [0.15, 0.2) is 6.07 Å². The van der Waals surface area contributed by atoms with Gasteiger partial charge in [-0.3, -0.25) is 9.59 Å². The van der Waals surface area contributed by atoms with Crippen molar-refractivity contribution < 1.29 is 22.7 Å². The quantitative estimate of drug-likeness (QED) is 0.374. The predicted octanol–water partition coefficient (Wildman–Crippen LogP) is 3.77. The van der Waals surface area contributed by atoms with Crippen molar-refractivity contribution in [3.8, 4) is 0 Å². The maximum atomic E-state index is 13.1. The maximum absolute atomic E-state index is 13.1. The molecule has 0 unspecified atom stereocenters. The average molecular weight is 468 g/mol. The number of aromatic nitrogens is 1. The molecule has 31 heavy (non-hydrogen) atoms. The van der Waals surface area contributed by atoms with Crippen LogP contribution >= 0.6 is 11.6 Å². The molecule has 8 heteroatoms. The molecule has 6 rings (SSSR count). The molecular weight excluding hydrogens is 438 g/mol. The molecule has 0 aromatic carbocycles. The van der Waals surface area contributed by atoms with Gasteiger partial charge in [-0.1, -0.05) is 0 Å². The summed E-state index contributed by atoms with van der Waals surface area (Å²) in [5.41, 5.74) is 1.59. The Morgan fingerprint density at radius 2 is 1.87 bits per heavy atom. The number of rotatable bonds is 5. The second kappa shape index (κ2) is 7.08. The molecule has 4 bridgehead atoms. The Balaban J connectivity index is 1.28. The lowest BCUT2D eigenvalue weighted by Crippen LogP contribution is -2.56. The van der Waals surface area contributed by atoms with Crippen molar-refractivity contribution in [3.05, 3.63) is 23.0 Å². The predicted molar refractivity (Wildman–Crippen MR) is 117 cm³/mol. The van der Waals surface area contributed by atoms with Gasteiger partial charge in [0.15, 0.2) is 16.4 Å². The molecule has 0 radical (unpaired) electrons. The van der Waals surface area contributed by atoms with Crippen LogP contribution in [-0.2, 0) is 19.4 Å². The molecule has 1 aliphatic heterocycles. The summed E-state index contributed by atoms with van der Waals surface area (Å²) in [6, 6.07) is 1.65. The largest absolute Gasteiger partial charge is 0.457 e.